The van der Waals surface area contributed by atoms with Gasteiger partial charge in [-0.3, -0.25) is 0 Å². The summed E-state index contributed by atoms with van der Waals surface area (Å²) in [5.74, 6) is -0.304. The highest BCUT2D eigenvalue weighted by molar-refractivity contribution is 9.10. The normalized spacial score (nSPS) is 12.7. The van der Waals surface area contributed by atoms with E-state index >= 15 is 0 Å². The maximum Gasteiger partial charge on any atom is 0.137 e. The quantitative estimate of drug-likeness (QED) is 0.935. The van der Waals surface area contributed by atoms with Gasteiger partial charge in [-0.1, -0.05) is 17.5 Å². The van der Waals surface area contributed by atoms with Crippen LogP contribution in [0.2, 0.25) is 0 Å². The summed E-state index contributed by atoms with van der Waals surface area (Å²) in [4.78, 5) is 0.790. The zero-order valence-corrected chi connectivity index (χ0v) is 12.1. The number of aliphatic hydroxyl groups is 1. The number of aryl methyl sites for hydroxylation is 1. The smallest absolute Gasteiger partial charge is 0.137 e. The van der Waals surface area contributed by atoms with Crippen molar-refractivity contribution in [2.24, 2.45) is 0 Å². The zero-order valence-electron chi connectivity index (χ0n) is 9.73. The van der Waals surface area contributed by atoms with Crippen molar-refractivity contribution in [2.45, 2.75) is 25.9 Å². The second-order valence-corrected chi connectivity index (χ2v) is 5.55. The SMILES string of the molecule is CCc1nnsc1C(O)Cc1ccc(F)c(Br)c1. The standard InChI is InChI=1S/C12H12BrFN2OS/c1-2-10-12(18-16-15-10)11(17)6-7-3-4-9(14)8(13)5-7/h3-5,11,17H,2,6H2,1H3. The molecule has 2 aromatic rings. The molecule has 0 aliphatic carbocycles. The molecule has 6 heteroatoms. The average molecular weight is 331 g/mol. The number of nitrogens with zero attached hydrogens (tertiary/aromatic N) is 2. The Balaban J connectivity index is 2.16. The molecule has 96 valence electrons. The number of aliphatic hydroxyl groups excluding tert-OH is 1. The molecule has 3 nitrogen and oxygen atoms in total. The lowest BCUT2D eigenvalue weighted by Gasteiger charge is -2.09. The van der Waals surface area contributed by atoms with Crippen LogP contribution < -0.4 is 0 Å². The first-order chi connectivity index (χ1) is 8.61. The maximum absolute atomic E-state index is 13.1. The third kappa shape index (κ3) is 2.93. The van der Waals surface area contributed by atoms with E-state index in [2.05, 4.69) is 25.5 Å². The van der Waals surface area contributed by atoms with E-state index < -0.39 is 6.10 Å². The van der Waals surface area contributed by atoms with Crippen molar-refractivity contribution in [3.8, 4) is 0 Å². The Morgan fingerprint density at radius 2 is 2.28 bits per heavy atom. The van der Waals surface area contributed by atoms with E-state index in [0.717, 1.165) is 22.6 Å². The van der Waals surface area contributed by atoms with Gasteiger partial charge in [0, 0.05) is 6.42 Å². The van der Waals surface area contributed by atoms with E-state index in [1.807, 2.05) is 6.92 Å². The fraction of sp³-hybridized carbons (Fsp3) is 0.333. The predicted molar refractivity (Wildman–Crippen MR) is 72.1 cm³/mol. The largest absolute Gasteiger partial charge is 0.387 e. The summed E-state index contributed by atoms with van der Waals surface area (Å²) < 4.78 is 17.4. The number of halogens is 2. The Hall–Kier alpha value is -0.850. The lowest BCUT2D eigenvalue weighted by Crippen LogP contribution is -2.03. The molecule has 0 amide bonds. The lowest BCUT2D eigenvalue weighted by atomic mass is 10.1. The first-order valence-electron chi connectivity index (χ1n) is 5.55. The van der Waals surface area contributed by atoms with Crippen LogP contribution in [0.5, 0.6) is 0 Å². The predicted octanol–water partition coefficient (Wildman–Crippen LogP) is 3.28. The van der Waals surface area contributed by atoms with E-state index in [1.165, 1.54) is 17.6 Å². The third-order valence-corrected chi connectivity index (χ3v) is 4.11. The van der Waals surface area contributed by atoms with E-state index in [9.17, 15) is 9.50 Å². The summed E-state index contributed by atoms with van der Waals surface area (Å²) >= 11 is 4.35. The van der Waals surface area contributed by atoms with Gasteiger partial charge in [-0.05, 0) is 51.6 Å². The highest BCUT2D eigenvalue weighted by Crippen LogP contribution is 2.26. The minimum atomic E-state index is -0.641. The number of rotatable bonds is 4. The van der Waals surface area contributed by atoms with Crippen LogP contribution in [0.4, 0.5) is 4.39 Å². The molecule has 1 atom stereocenters. The Bertz CT molecular complexity index is 547. The molecule has 0 fully saturated rings. The van der Waals surface area contributed by atoms with Gasteiger partial charge in [-0.2, -0.15) is 0 Å². The fourth-order valence-corrected chi connectivity index (χ4v) is 2.85. The number of hydrogen-bond acceptors (Lipinski definition) is 4. The zero-order chi connectivity index (χ0) is 13.1. The van der Waals surface area contributed by atoms with Gasteiger partial charge in [0.1, 0.15) is 5.82 Å². The molecule has 0 aliphatic heterocycles. The van der Waals surface area contributed by atoms with Gasteiger partial charge >= 0.3 is 0 Å². The number of hydrogen-bond donors (Lipinski definition) is 1. The first-order valence-corrected chi connectivity index (χ1v) is 7.11. The van der Waals surface area contributed by atoms with E-state index in [0.29, 0.717) is 10.9 Å². The minimum Gasteiger partial charge on any atom is -0.387 e. The summed E-state index contributed by atoms with van der Waals surface area (Å²) in [7, 11) is 0. The molecular weight excluding hydrogens is 319 g/mol. The van der Waals surface area contributed by atoms with Crippen LogP contribution in [0.15, 0.2) is 22.7 Å². The molecule has 2 rings (SSSR count). The van der Waals surface area contributed by atoms with Crippen LogP contribution in [-0.4, -0.2) is 14.7 Å². The van der Waals surface area contributed by atoms with Crippen molar-refractivity contribution in [3.05, 3.63) is 44.6 Å². The molecule has 0 bridgehead atoms. The Morgan fingerprint density at radius 1 is 1.50 bits per heavy atom. The highest BCUT2D eigenvalue weighted by Gasteiger charge is 2.16. The Morgan fingerprint density at radius 3 is 2.94 bits per heavy atom. The second-order valence-electron chi connectivity index (χ2n) is 3.91. The number of benzene rings is 1. The van der Waals surface area contributed by atoms with Crippen LogP contribution in [0.25, 0.3) is 0 Å². The van der Waals surface area contributed by atoms with E-state index in [4.69, 9.17) is 0 Å². The monoisotopic (exact) mass is 330 g/mol. The van der Waals surface area contributed by atoms with Crippen molar-refractivity contribution in [1.29, 1.82) is 0 Å². The van der Waals surface area contributed by atoms with Crippen molar-refractivity contribution in [3.63, 3.8) is 0 Å². The molecule has 0 aliphatic rings. The molecule has 1 heterocycles. The van der Waals surface area contributed by atoms with Crippen molar-refractivity contribution >= 4 is 27.5 Å². The van der Waals surface area contributed by atoms with E-state index in [1.54, 1.807) is 12.1 Å². The topological polar surface area (TPSA) is 46.0 Å². The molecule has 1 N–H and O–H groups in total. The molecule has 1 aromatic heterocycles. The van der Waals surface area contributed by atoms with Crippen molar-refractivity contribution in [2.75, 3.05) is 0 Å². The van der Waals surface area contributed by atoms with Crippen LogP contribution in [0.3, 0.4) is 0 Å². The van der Waals surface area contributed by atoms with Gasteiger partial charge < -0.3 is 5.11 Å². The van der Waals surface area contributed by atoms with Crippen molar-refractivity contribution in [1.82, 2.24) is 9.59 Å². The minimum absolute atomic E-state index is 0.304. The van der Waals surface area contributed by atoms with Crippen molar-refractivity contribution < 1.29 is 9.50 Å². The van der Waals surface area contributed by atoms with Gasteiger partial charge in [-0.15, -0.1) is 5.10 Å². The molecule has 18 heavy (non-hydrogen) atoms. The van der Waals surface area contributed by atoms with Gasteiger partial charge in [0.05, 0.1) is 21.1 Å². The number of aromatic nitrogens is 2. The Kier molecular flexibility index (Phi) is 4.42. The molecule has 0 radical (unpaired) electrons. The van der Waals surface area contributed by atoms with Crippen LogP contribution in [-0.2, 0) is 12.8 Å². The third-order valence-electron chi connectivity index (χ3n) is 2.64. The second kappa shape index (κ2) is 5.86. The molecule has 1 aromatic carbocycles. The van der Waals surface area contributed by atoms with Crippen LogP contribution in [0, 0.1) is 5.82 Å². The summed E-state index contributed by atoms with van der Waals surface area (Å²) in [6, 6.07) is 4.74. The average Bonchev–Trinajstić information content (AvgIpc) is 2.82. The van der Waals surface area contributed by atoms with Gasteiger partial charge in [0.2, 0.25) is 0 Å². The van der Waals surface area contributed by atoms with Gasteiger partial charge in [0.15, 0.2) is 0 Å². The van der Waals surface area contributed by atoms with Gasteiger partial charge in [0.25, 0.3) is 0 Å². The lowest BCUT2D eigenvalue weighted by molar-refractivity contribution is 0.181. The summed E-state index contributed by atoms with van der Waals surface area (Å²) in [5.41, 5.74) is 1.69. The summed E-state index contributed by atoms with van der Waals surface area (Å²) in [6.07, 6.45) is 0.531. The van der Waals surface area contributed by atoms with Crippen LogP contribution >= 0.6 is 27.5 Å². The maximum atomic E-state index is 13.1. The fourth-order valence-electron chi connectivity index (χ4n) is 1.70. The molecular formula is C12H12BrFN2OS. The highest BCUT2D eigenvalue weighted by atomic mass is 79.9. The molecule has 1 unspecified atom stereocenters. The summed E-state index contributed by atoms with van der Waals surface area (Å²) in [6.45, 7) is 1.97. The first kappa shape index (κ1) is 13.6. The molecule has 0 saturated heterocycles. The van der Waals surface area contributed by atoms with E-state index in [-0.39, 0.29) is 5.82 Å². The Labute approximate surface area is 117 Å². The molecule has 0 spiro atoms. The molecule has 0 saturated carbocycles. The van der Waals surface area contributed by atoms with Gasteiger partial charge in [-0.25, -0.2) is 4.39 Å². The summed E-state index contributed by atoms with van der Waals surface area (Å²) in [5, 5.41) is 14.1. The van der Waals surface area contributed by atoms with Crippen LogP contribution in [0.1, 0.15) is 29.2 Å².